The molecule has 0 N–H and O–H groups in total. The van der Waals surface area contributed by atoms with Crippen molar-refractivity contribution in [3.63, 3.8) is 0 Å². The van der Waals surface area contributed by atoms with Crippen molar-refractivity contribution in [3.8, 4) is 22.4 Å². The average molecular weight is 393 g/mol. The second-order valence-electron chi connectivity index (χ2n) is 6.19. The largest absolute Gasteiger partial charge is 0.465 e. The number of ether oxygens (including phenoxy) is 1. The van der Waals surface area contributed by atoms with Crippen molar-refractivity contribution in [1.82, 2.24) is 14.6 Å². The Labute approximate surface area is 163 Å². The molecule has 0 spiro atoms. The van der Waals surface area contributed by atoms with E-state index in [-0.39, 0.29) is 16.8 Å². The minimum absolute atomic E-state index is 0.116. The van der Waals surface area contributed by atoms with Gasteiger partial charge in [0, 0.05) is 34.5 Å². The third-order valence-electron chi connectivity index (χ3n) is 4.44. The molecular weight excluding hydrogens is 380 g/mol. The maximum absolute atomic E-state index is 14.5. The number of benzene rings is 2. The Morgan fingerprint density at radius 2 is 1.86 bits per heavy atom. The molecule has 0 saturated carbocycles. The molecule has 0 amide bonds. The molecule has 0 aliphatic rings. The van der Waals surface area contributed by atoms with E-state index in [1.54, 1.807) is 24.3 Å². The molecule has 0 atom stereocenters. The lowest BCUT2D eigenvalue weighted by atomic mass is 9.99. The van der Waals surface area contributed by atoms with Crippen LogP contribution in [0.3, 0.4) is 0 Å². The molecule has 0 aliphatic carbocycles. The van der Waals surface area contributed by atoms with Crippen LogP contribution in [0.25, 0.3) is 28.0 Å². The number of hydrogen-bond acceptors (Lipinski definition) is 5. The van der Waals surface area contributed by atoms with Crippen LogP contribution in [-0.4, -0.2) is 34.0 Å². The van der Waals surface area contributed by atoms with Gasteiger partial charge in [-0.2, -0.15) is 5.10 Å². The van der Waals surface area contributed by atoms with Crippen molar-refractivity contribution in [2.75, 3.05) is 7.11 Å². The first-order valence-electron chi connectivity index (χ1n) is 8.49. The van der Waals surface area contributed by atoms with E-state index in [9.17, 15) is 18.4 Å². The summed E-state index contributed by atoms with van der Waals surface area (Å²) in [5, 5.41) is 4.09. The summed E-state index contributed by atoms with van der Waals surface area (Å²) in [6.45, 7) is 0. The molecule has 0 radical (unpaired) electrons. The van der Waals surface area contributed by atoms with Crippen molar-refractivity contribution >= 4 is 17.9 Å². The van der Waals surface area contributed by atoms with Gasteiger partial charge in [-0.3, -0.25) is 4.79 Å². The molecule has 4 rings (SSSR count). The number of aromatic nitrogens is 3. The SMILES string of the molecule is COC(=O)c1cnn2cc(-c3ccc(F)cc3F)c(-c3ccc(C=O)cc3)nc12. The fourth-order valence-electron chi connectivity index (χ4n) is 3.01. The number of rotatable bonds is 4. The van der Waals surface area contributed by atoms with Gasteiger partial charge in [-0.05, 0) is 12.1 Å². The number of methoxy groups -OCH3 is 1. The molecule has 0 fully saturated rings. The Kier molecular flexibility index (Phi) is 4.59. The predicted molar refractivity (Wildman–Crippen MR) is 101 cm³/mol. The van der Waals surface area contributed by atoms with E-state index in [0.29, 0.717) is 28.7 Å². The molecule has 2 heterocycles. The number of fused-ring (bicyclic) bond motifs is 1. The predicted octanol–water partition coefficient (Wildman–Crippen LogP) is 3.94. The molecular formula is C21H13F2N3O3. The molecule has 0 bridgehead atoms. The highest BCUT2D eigenvalue weighted by Crippen LogP contribution is 2.33. The number of hydrogen-bond donors (Lipinski definition) is 0. The van der Waals surface area contributed by atoms with Gasteiger partial charge in [0.1, 0.15) is 23.5 Å². The molecule has 0 unspecified atom stereocenters. The third-order valence-corrected chi connectivity index (χ3v) is 4.44. The first-order valence-corrected chi connectivity index (χ1v) is 8.49. The smallest absolute Gasteiger partial charge is 0.343 e. The normalized spacial score (nSPS) is 10.9. The first-order chi connectivity index (χ1) is 14.0. The van der Waals surface area contributed by atoms with Crippen LogP contribution in [0.4, 0.5) is 8.78 Å². The lowest BCUT2D eigenvalue weighted by Crippen LogP contribution is -2.04. The second kappa shape index (κ2) is 7.23. The average Bonchev–Trinajstić information content (AvgIpc) is 3.15. The van der Waals surface area contributed by atoms with Crippen molar-refractivity contribution in [3.05, 3.63) is 77.6 Å². The lowest BCUT2D eigenvalue weighted by Gasteiger charge is -2.12. The summed E-state index contributed by atoms with van der Waals surface area (Å²) in [5.41, 5.74) is 2.20. The quantitative estimate of drug-likeness (QED) is 0.388. The topological polar surface area (TPSA) is 73.6 Å². The number of esters is 1. The van der Waals surface area contributed by atoms with E-state index in [0.717, 1.165) is 12.1 Å². The van der Waals surface area contributed by atoms with Crippen molar-refractivity contribution < 1.29 is 23.1 Å². The Bertz CT molecular complexity index is 1250. The molecule has 4 aromatic rings. The highest BCUT2D eigenvalue weighted by atomic mass is 19.1. The second-order valence-corrected chi connectivity index (χ2v) is 6.19. The van der Waals surface area contributed by atoms with Gasteiger partial charge >= 0.3 is 5.97 Å². The minimum Gasteiger partial charge on any atom is -0.465 e. The monoisotopic (exact) mass is 393 g/mol. The van der Waals surface area contributed by atoms with Crippen LogP contribution in [0.1, 0.15) is 20.7 Å². The van der Waals surface area contributed by atoms with Crippen LogP contribution in [0, 0.1) is 11.6 Å². The number of carbonyl (C=O) groups is 2. The maximum atomic E-state index is 14.5. The summed E-state index contributed by atoms with van der Waals surface area (Å²) >= 11 is 0. The fraction of sp³-hybridized carbons (Fsp3) is 0.0476. The molecule has 0 saturated heterocycles. The summed E-state index contributed by atoms with van der Waals surface area (Å²) in [6.07, 6.45) is 3.51. The van der Waals surface area contributed by atoms with E-state index in [4.69, 9.17) is 4.74 Å². The van der Waals surface area contributed by atoms with Gasteiger partial charge in [-0.15, -0.1) is 0 Å². The highest BCUT2D eigenvalue weighted by molar-refractivity contribution is 5.96. The minimum atomic E-state index is -0.766. The summed E-state index contributed by atoms with van der Waals surface area (Å²) in [5.74, 6) is -2.09. The first kappa shape index (κ1) is 18.4. The fourth-order valence-corrected chi connectivity index (χ4v) is 3.01. The van der Waals surface area contributed by atoms with Crippen LogP contribution in [-0.2, 0) is 4.74 Å². The third kappa shape index (κ3) is 3.25. The number of aldehydes is 1. The van der Waals surface area contributed by atoms with Crippen LogP contribution in [0.2, 0.25) is 0 Å². The molecule has 6 nitrogen and oxygen atoms in total. The van der Waals surface area contributed by atoms with Crippen molar-refractivity contribution in [2.24, 2.45) is 0 Å². The Morgan fingerprint density at radius 1 is 1.10 bits per heavy atom. The Balaban J connectivity index is 2.02. The molecule has 8 heteroatoms. The van der Waals surface area contributed by atoms with E-state index in [2.05, 4.69) is 10.1 Å². The molecule has 2 aromatic carbocycles. The summed E-state index contributed by atoms with van der Waals surface area (Å²) in [7, 11) is 1.24. The van der Waals surface area contributed by atoms with Crippen LogP contribution >= 0.6 is 0 Å². The van der Waals surface area contributed by atoms with E-state index in [1.807, 2.05) is 0 Å². The zero-order valence-corrected chi connectivity index (χ0v) is 15.1. The molecule has 29 heavy (non-hydrogen) atoms. The molecule has 144 valence electrons. The van der Waals surface area contributed by atoms with Gasteiger partial charge < -0.3 is 4.74 Å². The molecule has 2 aromatic heterocycles. The summed E-state index contributed by atoms with van der Waals surface area (Å²) in [6, 6.07) is 9.73. The zero-order valence-electron chi connectivity index (χ0n) is 15.1. The van der Waals surface area contributed by atoms with Gasteiger partial charge in [0.2, 0.25) is 0 Å². The van der Waals surface area contributed by atoms with E-state index in [1.165, 1.54) is 30.1 Å². The standard InChI is InChI=1S/C21H13F2N3O3/c1-29-21(28)16-9-24-26-10-17(15-7-6-14(22)8-18(15)23)19(25-20(16)26)13-4-2-12(11-27)3-5-13/h2-11H,1H3. The van der Waals surface area contributed by atoms with Crippen LogP contribution in [0.5, 0.6) is 0 Å². The number of halogens is 2. The number of carbonyl (C=O) groups excluding carboxylic acids is 2. The van der Waals surface area contributed by atoms with E-state index >= 15 is 0 Å². The van der Waals surface area contributed by atoms with Crippen molar-refractivity contribution in [1.29, 1.82) is 0 Å². The van der Waals surface area contributed by atoms with Gasteiger partial charge in [0.15, 0.2) is 5.65 Å². The summed E-state index contributed by atoms with van der Waals surface area (Å²) in [4.78, 5) is 27.5. The Morgan fingerprint density at radius 3 is 2.52 bits per heavy atom. The lowest BCUT2D eigenvalue weighted by molar-refractivity contribution is 0.0602. The van der Waals surface area contributed by atoms with Crippen LogP contribution < -0.4 is 0 Å². The van der Waals surface area contributed by atoms with Crippen molar-refractivity contribution in [2.45, 2.75) is 0 Å². The summed E-state index contributed by atoms with van der Waals surface area (Å²) < 4.78 is 34.0. The highest BCUT2D eigenvalue weighted by Gasteiger charge is 2.20. The zero-order chi connectivity index (χ0) is 20.5. The Hall–Kier alpha value is -3.94. The number of nitrogens with zero attached hydrogens (tertiary/aromatic N) is 3. The van der Waals surface area contributed by atoms with Gasteiger partial charge in [0.05, 0.1) is 19.0 Å². The molecule has 0 aliphatic heterocycles. The van der Waals surface area contributed by atoms with E-state index < -0.39 is 17.6 Å². The van der Waals surface area contributed by atoms with Gasteiger partial charge in [0.25, 0.3) is 0 Å². The van der Waals surface area contributed by atoms with Gasteiger partial charge in [-0.1, -0.05) is 24.3 Å². The van der Waals surface area contributed by atoms with Gasteiger partial charge in [-0.25, -0.2) is 23.1 Å². The maximum Gasteiger partial charge on any atom is 0.343 e. The van der Waals surface area contributed by atoms with Crippen LogP contribution in [0.15, 0.2) is 54.9 Å².